The third kappa shape index (κ3) is 4.31. The van der Waals surface area contributed by atoms with Gasteiger partial charge in [0, 0.05) is 19.3 Å². The number of carbonyl (C=O) groups excluding carboxylic acids is 1. The average Bonchev–Trinajstić information content (AvgIpc) is 2.61. The van der Waals surface area contributed by atoms with Gasteiger partial charge in [-0.15, -0.1) is 0 Å². The Labute approximate surface area is 144 Å². The first kappa shape index (κ1) is 18.8. The highest BCUT2D eigenvalue weighted by molar-refractivity contribution is 5.97. The molecule has 2 rings (SSSR count). The van der Waals surface area contributed by atoms with E-state index in [2.05, 4.69) is 10.2 Å². The van der Waals surface area contributed by atoms with Gasteiger partial charge in [0.25, 0.3) is 5.91 Å². The molecule has 25 heavy (non-hydrogen) atoms. The third-order valence-corrected chi connectivity index (χ3v) is 4.31. The van der Waals surface area contributed by atoms with Gasteiger partial charge in [0.1, 0.15) is 11.6 Å². The van der Waals surface area contributed by atoms with E-state index in [0.717, 1.165) is 44.3 Å². The first-order valence-electron chi connectivity index (χ1n) is 7.81. The monoisotopic (exact) mass is 352 g/mol. The number of hydrogen-bond donors (Lipinski definition) is 1. The number of anilines is 1. The number of hydrogen-bond acceptors (Lipinski definition) is 4. The second-order valence-electron chi connectivity index (χ2n) is 5.99. The molecule has 0 saturated carbocycles. The van der Waals surface area contributed by atoms with Crippen LogP contribution in [-0.4, -0.2) is 48.9 Å². The van der Waals surface area contributed by atoms with Crippen LogP contribution in [0.5, 0.6) is 0 Å². The number of halogens is 3. The van der Waals surface area contributed by atoms with Crippen LogP contribution in [0.3, 0.4) is 0 Å². The predicted octanol–water partition coefficient (Wildman–Crippen LogP) is 2.48. The molecule has 1 saturated heterocycles. The minimum atomic E-state index is -1.62. The normalized spacial score (nSPS) is 16.4. The lowest BCUT2D eigenvalue weighted by atomic mass is 10.0. The Morgan fingerprint density at radius 2 is 1.96 bits per heavy atom. The van der Waals surface area contributed by atoms with Gasteiger partial charge in [-0.2, -0.15) is 5.26 Å². The second-order valence-corrected chi connectivity index (χ2v) is 5.99. The Morgan fingerprint density at radius 1 is 1.32 bits per heavy atom. The molecule has 1 aliphatic rings. The minimum absolute atomic E-state index is 0.0143. The molecular weight excluding hydrogens is 333 g/mol. The van der Waals surface area contributed by atoms with Crippen LogP contribution >= 0.6 is 0 Å². The highest BCUT2D eigenvalue weighted by atomic mass is 19.2. The SMILES string of the molecule is CN1CCC(N(C)C(=O)/C(C#N)=C\Nc2ccc(F)c(F)c2F)CC1. The summed E-state index contributed by atoms with van der Waals surface area (Å²) in [6.45, 7) is 1.71. The number of nitriles is 1. The molecule has 1 aromatic carbocycles. The van der Waals surface area contributed by atoms with Crippen molar-refractivity contribution in [1.82, 2.24) is 9.80 Å². The molecule has 0 unspecified atom stereocenters. The van der Waals surface area contributed by atoms with Crippen molar-refractivity contribution in [3.8, 4) is 6.07 Å². The maximum atomic E-state index is 13.6. The van der Waals surface area contributed by atoms with Gasteiger partial charge < -0.3 is 15.1 Å². The van der Waals surface area contributed by atoms with Crippen LogP contribution in [0.2, 0.25) is 0 Å². The quantitative estimate of drug-likeness (QED) is 0.514. The molecule has 8 heteroatoms. The van der Waals surface area contributed by atoms with E-state index in [0.29, 0.717) is 0 Å². The number of carbonyl (C=O) groups is 1. The molecule has 5 nitrogen and oxygen atoms in total. The fraction of sp³-hybridized carbons (Fsp3) is 0.412. The fourth-order valence-electron chi connectivity index (χ4n) is 2.67. The number of piperidine rings is 1. The summed E-state index contributed by atoms with van der Waals surface area (Å²) in [5.41, 5.74) is -0.605. The maximum absolute atomic E-state index is 13.6. The third-order valence-electron chi connectivity index (χ3n) is 4.31. The van der Waals surface area contributed by atoms with Gasteiger partial charge in [-0.1, -0.05) is 0 Å². The molecule has 1 aromatic rings. The van der Waals surface area contributed by atoms with Crippen LogP contribution in [-0.2, 0) is 4.79 Å². The largest absolute Gasteiger partial charge is 0.358 e. The molecule has 0 aromatic heterocycles. The van der Waals surface area contributed by atoms with Gasteiger partial charge in [0.05, 0.1) is 5.69 Å². The summed E-state index contributed by atoms with van der Waals surface area (Å²) >= 11 is 0. The maximum Gasteiger partial charge on any atom is 0.266 e. The fourth-order valence-corrected chi connectivity index (χ4v) is 2.67. The highest BCUT2D eigenvalue weighted by Crippen LogP contribution is 2.20. The van der Waals surface area contributed by atoms with Gasteiger partial charge in [-0.05, 0) is 45.1 Å². The topological polar surface area (TPSA) is 59.4 Å². The first-order chi connectivity index (χ1) is 11.8. The van der Waals surface area contributed by atoms with Crippen molar-refractivity contribution in [2.75, 3.05) is 32.5 Å². The van der Waals surface area contributed by atoms with Crippen molar-refractivity contribution in [3.63, 3.8) is 0 Å². The zero-order valence-electron chi connectivity index (χ0n) is 14.0. The van der Waals surface area contributed by atoms with E-state index in [4.69, 9.17) is 0 Å². The zero-order chi connectivity index (χ0) is 18.6. The van der Waals surface area contributed by atoms with Crippen LogP contribution in [0.1, 0.15) is 12.8 Å². The lowest BCUT2D eigenvalue weighted by Gasteiger charge is -2.34. The van der Waals surface area contributed by atoms with Crippen molar-refractivity contribution in [2.24, 2.45) is 0 Å². The number of nitrogens with zero attached hydrogens (tertiary/aromatic N) is 3. The van der Waals surface area contributed by atoms with Gasteiger partial charge in [-0.3, -0.25) is 4.79 Å². The smallest absolute Gasteiger partial charge is 0.266 e. The number of nitrogens with one attached hydrogen (secondary N) is 1. The Kier molecular flexibility index (Phi) is 6.04. The summed E-state index contributed by atoms with van der Waals surface area (Å²) in [7, 11) is 3.61. The Bertz CT molecular complexity index is 721. The second kappa shape index (κ2) is 8.03. The molecule has 1 amide bonds. The van der Waals surface area contributed by atoms with Crippen LogP contribution < -0.4 is 5.32 Å². The molecule has 1 heterocycles. The summed E-state index contributed by atoms with van der Waals surface area (Å²) in [4.78, 5) is 16.1. The van der Waals surface area contributed by atoms with Crippen molar-refractivity contribution >= 4 is 11.6 Å². The summed E-state index contributed by atoms with van der Waals surface area (Å²) in [6.07, 6.45) is 2.59. The summed E-state index contributed by atoms with van der Waals surface area (Å²) in [5.74, 6) is -4.85. The van der Waals surface area contributed by atoms with Gasteiger partial charge in [-0.25, -0.2) is 13.2 Å². The number of amides is 1. The Balaban J connectivity index is 2.10. The Hall–Kier alpha value is -2.53. The molecule has 0 aliphatic carbocycles. The Morgan fingerprint density at radius 3 is 2.56 bits per heavy atom. The molecule has 134 valence electrons. The lowest BCUT2D eigenvalue weighted by molar-refractivity contribution is -0.128. The van der Waals surface area contributed by atoms with Crippen molar-refractivity contribution in [3.05, 3.63) is 41.4 Å². The summed E-state index contributed by atoms with van der Waals surface area (Å²) < 4.78 is 39.7. The van der Waals surface area contributed by atoms with Crippen LogP contribution in [0.25, 0.3) is 0 Å². The number of benzene rings is 1. The van der Waals surface area contributed by atoms with Crippen LogP contribution in [0, 0.1) is 28.8 Å². The van der Waals surface area contributed by atoms with Crippen molar-refractivity contribution < 1.29 is 18.0 Å². The van der Waals surface area contributed by atoms with E-state index >= 15 is 0 Å². The van der Waals surface area contributed by atoms with Crippen molar-refractivity contribution in [1.29, 1.82) is 5.26 Å². The molecule has 1 aliphatic heterocycles. The van der Waals surface area contributed by atoms with Gasteiger partial charge in [0.15, 0.2) is 17.5 Å². The molecule has 0 atom stereocenters. The van der Waals surface area contributed by atoms with Crippen molar-refractivity contribution in [2.45, 2.75) is 18.9 Å². The number of rotatable bonds is 4. The van der Waals surface area contributed by atoms with E-state index in [-0.39, 0.29) is 17.3 Å². The summed E-state index contributed by atoms with van der Waals surface area (Å²) in [6, 6.07) is 3.51. The highest BCUT2D eigenvalue weighted by Gasteiger charge is 2.26. The summed E-state index contributed by atoms with van der Waals surface area (Å²) in [5, 5.41) is 11.5. The van der Waals surface area contributed by atoms with E-state index in [1.807, 2.05) is 7.05 Å². The standard InChI is InChI=1S/C17H19F3N4O/c1-23-7-5-12(6-8-23)24(2)17(25)11(9-21)10-22-14-4-3-13(18)15(19)16(14)20/h3-4,10,12,22H,5-8H2,1-2H3/b11-10-. The van der Waals surface area contributed by atoms with Crippen LogP contribution in [0.4, 0.5) is 18.9 Å². The average molecular weight is 352 g/mol. The van der Waals surface area contributed by atoms with Gasteiger partial charge in [0.2, 0.25) is 0 Å². The lowest BCUT2D eigenvalue weighted by Crippen LogP contribution is -2.44. The minimum Gasteiger partial charge on any atom is -0.358 e. The zero-order valence-corrected chi connectivity index (χ0v) is 14.0. The van der Waals surface area contributed by atoms with Crippen LogP contribution in [0.15, 0.2) is 23.9 Å². The molecule has 1 N–H and O–H groups in total. The van der Waals surface area contributed by atoms with E-state index < -0.39 is 23.4 Å². The molecular formula is C17H19F3N4O. The number of likely N-dealkylation sites (N-methyl/N-ethyl adjacent to an activating group) is 1. The first-order valence-corrected chi connectivity index (χ1v) is 7.81. The molecule has 0 bridgehead atoms. The predicted molar refractivity (Wildman–Crippen MR) is 86.9 cm³/mol. The van der Waals surface area contributed by atoms with E-state index in [1.54, 1.807) is 13.1 Å². The molecule has 1 fully saturated rings. The van der Waals surface area contributed by atoms with E-state index in [9.17, 15) is 23.2 Å². The van der Waals surface area contributed by atoms with Gasteiger partial charge >= 0.3 is 0 Å². The molecule has 0 radical (unpaired) electrons. The number of likely N-dealkylation sites (tertiary alicyclic amines) is 1. The van der Waals surface area contributed by atoms with E-state index in [1.165, 1.54) is 4.90 Å². The molecule has 0 spiro atoms.